The molecule has 0 atom stereocenters. The van der Waals surface area contributed by atoms with Gasteiger partial charge in [-0.05, 0) is 32.0 Å². The number of pyridine rings is 1. The van der Waals surface area contributed by atoms with Crippen molar-refractivity contribution in [3.05, 3.63) is 24.0 Å². The lowest BCUT2D eigenvalue weighted by molar-refractivity contribution is 0.253. The monoisotopic (exact) mass is 210 g/mol. The lowest BCUT2D eigenvalue weighted by Gasteiger charge is -2.05. The molecule has 0 radical (unpaired) electrons. The van der Waals surface area contributed by atoms with Gasteiger partial charge < -0.3 is 15.2 Å². The van der Waals surface area contributed by atoms with E-state index in [2.05, 4.69) is 10.3 Å². The molecule has 0 saturated carbocycles. The molecule has 0 aliphatic carbocycles. The predicted molar refractivity (Wildman–Crippen MR) is 58.8 cm³/mol. The third-order valence-corrected chi connectivity index (χ3v) is 1.98. The fourth-order valence-electron chi connectivity index (χ4n) is 1.19. The van der Waals surface area contributed by atoms with Crippen LogP contribution in [-0.2, 0) is 6.54 Å². The number of aliphatic hydroxyl groups is 1. The molecule has 1 aromatic rings. The van der Waals surface area contributed by atoms with Crippen LogP contribution in [0.3, 0.4) is 0 Å². The Balaban J connectivity index is 2.29. The molecule has 15 heavy (non-hydrogen) atoms. The van der Waals surface area contributed by atoms with Crippen molar-refractivity contribution in [1.29, 1.82) is 0 Å². The molecule has 0 saturated heterocycles. The molecule has 2 N–H and O–H groups in total. The van der Waals surface area contributed by atoms with Crippen molar-refractivity contribution in [2.75, 3.05) is 20.3 Å². The van der Waals surface area contributed by atoms with Crippen LogP contribution in [0.15, 0.2) is 18.3 Å². The Kier molecular flexibility index (Phi) is 5.73. The minimum atomic E-state index is 0.225. The van der Waals surface area contributed by atoms with Crippen LogP contribution in [0.4, 0.5) is 0 Å². The zero-order chi connectivity index (χ0) is 10.9. The highest BCUT2D eigenvalue weighted by atomic mass is 16.5. The Labute approximate surface area is 90.3 Å². The summed E-state index contributed by atoms with van der Waals surface area (Å²) in [6, 6.07) is 3.86. The van der Waals surface area contributed by atoms with E-state index in [1.54, 1.807) is 6.20 Å². The molecule has 1 heterocycles. The largest absolute Gasteiger partial charge is 0.492 e. The summed E-state index contributed by atoms with van der Waals surface area (Å²) >= 11 is 0. The quantitative estimate of drug-likeness (QED) is 0.658. The summed E-state index contributed by atoms with van der Waals surface area (Å²) in [6.07, 6.45) is 3.38. The predicted octanol–water partition coefficient (Wildman–Crippen LogP) is 0.952. The summed E-state index contributed by atoms with van der Waals surface area (Å²) in [5, 5.41) is 11.6. The molecule has 4 heteroatoms. The first-order chi connectivity index (χ1) is 7.36. The number of ether oxygens (including phenoxy) is 1. The molecule has 0 aromatic carbocycles. The molecule has 1 aromatic heterocycles. The van der Waals surface area contributed by atoms with Gasteiger partial charge in [0, 0.05) is 13.2 Å². The van der Waals surface area contributed by atoms with Gasteiger partial charge in [0.15, 0.2) is 0 Å². The second kappa shape index (κ2) is 7.20. The van der Waals surface area contributed by atoms with E-state index in [0.717, 1.165) is 30.8 Å². The fourth-order valence-corrected chi connectivity index (χ4v) is 1.19. The van der Waals surface area contributed by atoms with Gasteiger partial charge in [0.25, 0.3) is 0 Å². The first-order valence-electron chi connectivity index (χ1n) is 5.20. The molecule has 4 nitrogen and oxygen atoms in total. The van der Waals surface area contributed by atoms with Gasteiger partial charge in [-0.15, -0.1) is 0 Å². The van der Waals surface area contributed by atoms with Gasteiger partial charge in [-0.2, -0.15) is 0 Å². The van der Waals surface area contributed by atoms with Crippen molar-refractivity contribution >= 4 is 0 Å². The number of rotatable bonds is 7. The average molecular weight is 210 g/mol. The van der Waals surface area contributed by atoms with Crippen LogP contribution in [-0.4, -0.2) is 30.4 Å². The molecule has 0 unspecified atom stereocenters. The van der Waals surface area contributed by atoms with Crippen molar-refractivity contribution in [3.8, 4) is 5.75 Å². The van der Waals surface area contributed by atoms with Gasteiger partial charge in [-0.3, -0.25) is 4.98 Å². The molecule has 0 spiro atoms. The van der Waals surface area contributed by atoms with Gasteiger partial charge in [0.05, 0.1) is 18.5 Å². The molecule has 0 aliphatic rings. The van der Waals surface area contributed by atoms with E-state index in [1.165, 1.54) is 0 Å². The summed E-state index contributed by atoms with van der Waals surface area (Å²) in [5.41, 5.74) is 1.00. The maximum Gasteiger partial charge on any atom is 0.137 e. The van der Waals surface area contributed by atoms with Gasteiger partial charge in [0.1, 0.15) is 5.75 Å². The number of aliphatic hydroxyl groups excluding tert-OH is 1. The minimum Gasteiger partial charge on any atom is -0.492 e. The number of aromatic nitrogens is 1. The Morgan fingerprint density at radius 3 is 2.87 bits per heavy atom. The number of hydrogen-bond acceptors (Lipinski definition) is 4. The van der Waals surface area contributed by atoms with Crippen LogP contribution in [0.2, 0.25) is 0 Å². The number of hydrogen-bond donors (Lipinski definition) is 2. The summed E-state index contributed by atoms with van der Waals surface area (Å²) in [6.45, 7) is 1.63. The fraction of sp³-hybridized carbons (Fsp3) is 0.545. The van der Waals surface area contributed by atoms with Crippen molar-refractivity contribution in [2.45, 2.75) is 19.4 Å². The highest BCUT2D eigenvalue weighted by Crippen LogP contribution is 2.09. The Morgan fingerprint density at radius 2 is 2.27 bits per heavy atom. The molecule has 0 amide bonds. The van der Waals surface area contributed by atoms with Crippen molar-refractivity contribution in [3.63, 3.8) is 0 Å². The first-order valence-corrected chi connectivity index (χ1v) is 5.20. The van der Waals surface area contributed by atoms with E-state index in [0.29, 0.717) is 6.61 Å². The second-order valence-electron chi connectivity index (χ2n) is 3.29. The van der Waals surface area contributed by atoms with Gasteiger partial charge in [0.2, 0.25) is 0 Å². The zero-order valence-electron chi connectivity index (χ0n) is 9.07. The average Bonchev–Trinajstić information content (AvgIpc) is 2.27. The Bertz CT molecular complexity index is 262. The molecular formula is C11H18N2O2. The highest BCUT2D eigenvalue weighted by molar-refractivity contribution is 5.19. The van der Waals surface area contributed by atoms with E-state index in [9.17, 15) is 0 Å². The lowest BCUT2D eigenvalue weighted by atomic mass is 10.3. The van der Waals surface area contributed by atoms with E-state index in [4.69, 9.17) is 9.84 Å². The molecule has 0 fully saturated rings. The smallest absolute Gasteiger partial charge is 0.137 e. The van der Waals surface area contributed by atoms with Gasteiger partial charge >= 0.3 is 0 Å². The second-order valence-corrected chi connectivity index (χ2v) is 3.29. The van der Waals surface area contributed by atoms with Crippen LogP contribution in [0.5, 0.6) is 5.75 Å². The van der Waals surface area contributed by atoms with Gasteiger partial charge in [-0.1, -0.05) is 0 Å². The van der Waals surface area contributed by atoms with Crippen molar-refractivity contribution in [2.24, 2.45) is 0 Å². The molecular weight excluding hydrogens is 192 g/mol. The molecule has 84 valence electrons. The lowest BCUT2D eigenvalue weighted by Crippen LogP contribution is -2.06. The summed E-state index contributed by atoms with van der Waals surface area (Å²) < 4.78 is 5.45. The topological polar surface area (TPSA) is 54.4 Å². The van der Waals surface area contributed by atoms with Crippen LogP contribution < -0.4 is 10.1 Å². The van der Waals surface area contributed by atoms with Gasteiger partial charge in [-0.25, -0.2) is 0 Å². The Morgan fingerprint density at radius 1 is 1.40 bits per heavy atom. The first kappa shape index (κ1) is 11.9. The third-order valence-electron chi connectivity index (χ3n) is 1.98. The molecule has 0 bridgehead atoms. The molecule has 0 aliphatic heterocycles. The van der Waals surface area contributed by atoms with Crippen LogP contribution in [0.25, 0.3) is 0 Å². The minimum absolute atomic E-state index is 0.225. The highest BCUT2D eigenvalue weighted by Gasteiger charge is 1.95. The SMILES string of the molecule is CNCc1ccc(OCCCCO)cn1. The van der Waals surface area contributed by atoms with Crippen molar-refractivity contribution < 1.29 is 9.84 Å². The normalized spacial score (nSPS) is 10.3. The molecule has 1 rings (SSSR count). The van der Waals surface area contributed by atoms with E-state index in [1.807, 2.05) is 19.2 Å². The third kappa shape index (κ3) is 4.76. The van der Waals surface area contributed by atoms with E-state index >= 15 is 0 Å². The Hall–Kier alpha value is -1.13. The van der Waals surface area contributed by atoms with Crippen LogP contribution >= 0.6 is 0 Å². The maximum atomic E-state index is 8.58. The number of nitrogens with one attached hydrogen (secondary N) is 1. The van der Waals surface area contributed by atoms with Crippen molar-refractivity contribution in [1.82, 2.24) is 10.3 Å². The van der Waals surface area contributed by atoms with E-state index < -0.39 is 0 Å². The standard InChI is InChI=1S/C11H18N2O2/c1-12-8-10-4-5-11(9-13-10)15-7-3-2-6-14/h4-5,9,12,14H,2-3,6-8H2,1H3. The maximum absolute atomic E-state index is 8.58. The number of unbranched alkanes of at least 4 members (excludes halogenated alkanes) is 1. The van der Waals surface area contributed by atoms with Crippen LogP contribution in [0, 0.1) is 0 Å². The van der Waals surface area contributed by atoms with Crippen LogP contribution in [0.1, 0.15) is 18.5 Å². The summed E-state index contributed by atoms with van der Waals surface area (Å²) in [7, 11) is 1.89. The van der Waals surface area contributed by atoms with E-state index in [-0.39, 0.29) is 6.61 Å². The number of nitrogens with zero attached hydrogens (tertiary/aromatic N) is 1. The zero-order valence-corrected chi connectivity index (χ0v) is 9.07. The summed E-state index contributed by atoms with van der Waals surface area (Å²) in [5.74, 6) is 0.785. The summed E-state index contributed by atoms with van der Waals surface area (Å²) in [4.78, 5) is 4.23.